The first-order chi connectivity index (χ1) is 11.6. The van der Waals surface area contributed by atoms with Gasteiger partial charge >= 0.3 is 0 Å². The quantitative estimate of drug-likeness (QED) is 0.739. The van der Waals surface area contributed by atoms with Gasteiger partial charge < -0.3 is 9.73 Å². The minimum atomic E-state index is -3.21. The van der Waals surface area contributed by atoms with Gasteiger partial charge in [-0.2, -0.15) is 0 Å². The Labute approximate surface area is 141 Å². The van der Waals surface area contributed by atoms with E-state index >= 15 is 0 Å². The molecule has 0 aliphatic heterocycles. The maximum Gasteiger partial charge on any atom is 0.226 e. The van der Waals surface area contributed by atoms with Crippen LogP contribution in [0.15, 0.2) is 70.2 Å². The molecule has 3 rings (SSSR count). The molecule has 0 amide bonds. The SMILES string of the molecule is CCS(=O)(=O)c1cccc(NCc2coc(-c3ccccc3)n2)c1. The Balaban J connectivity index is 1.71. The Morgan fingerprint density at radius 3 is 2.62 bits per heavy atom. The summed E-state index contributed by atoms with van der Waals surface area (Å²) in [4.78, 5) is 4.76. The molecule has 0 bridgehead atoms. The first kappa shape index (κ1) is 16.3. The normalized spacial score (nSPS) is 11.4. The van der Waals surface area contributed by atoms with Gasteiger partial charge in [0.25, 0.3) is 0 Å². The zero-order valence-electron chi connectivity index (χ0n) is 13.3. The van der Waals surface area contributed by atoms with E-state index in [1.165, 1.54) is 0 Å². The lowest BCUT2D eigenvalue weighted by Crippen LogP contribution is -2.05. The lowest BCUT2D eigenvalue weighted by molar-refractivity contribution is 0.573. The fourth-order valence-electron chi connectivity index (χ4n) is 2.26. The number of nitrogens with zero attached hydrogens (tertiary/aromatic N) is 1. The van der Waals surface area contributed by atoms with E-state index in [1.54, 1.807) is 31.4 Å². The second-order valence-electron chi connectivity index (χ2n) is 5.29. The first-order valence-electron chi connectivity index (χ1n) is 7.65. The van der Waals surface area contributed by atoms with Crippen molar-refractivity contribution in [1.29, 1.82) is 0 Å². The largest absolute Gasteiger partial charge is 0.444 e. The summed E-state index contributed by atoms with van der Waals surface area (Å²) < 4.78 is 29.4. The zero-order valence-corrected chi connectivity index (χ0v) is 14.1. The van der Waals surface area contributed by atoms with Crippen molar-refractivity contribution in [3.05, 3.63) is 66.6 Å². The molecule has 0 saturated carbocycles. The van der Waals surface area contributed by atoms with Crippen molar-refractivity contribution >= 4 is 15.5 Å². The van der Waals surface area contributed by atoms with Crippen molar-refractivity contribution in [2.24, 2.45) is 0 Å². The molecule has 0 aliphatic carbocycles. The van der Waals surface area contributed by atoms with Crippen molar-refractivity contribution in [2.45, 2.75) is 18.4 Å². The molecule has 2 aromatic carbocycles. The fourth-order valence-corrected chi connectivity index (χ4v) is 3.19. The van der Waals surface area contributed by atoms with Gasteiger partial charge in [-0.25, -0.2) is 13.4 Å². The Kier molecular flexibility index (Phi) is 4.66. The van der Waals surface area contributed by atoms with Gasteiger partial charge in [-0.1, -0.05) is 31.2 Å². The van der Waals surface area contributed by atoms with Crippen LogP contribution in [0.4, 0.5) is 5.69 Å². The van der Waals surface area contributed by atoms with Gasteiger partial charge in [-0.3, -0.25) is 0 Å². The van der Waals surface area contributed by atoms with Crippen LogP contribution in [0.25, 0.3) is 11.5 Å². The van der Waals surface area contributed by atoms with E-state index in [1.807, 2.05) is 36.4 Å². The van der Waals surface area contributed by atoms with E-state index in [2.05, 4.69) is 10.3 Å². The van der Waals surface area contributed by atoms with Crippen LogP contribution in [0.2, 0.25) is 0 Å². The number of benzene rings is 2. The zero-order chi connectivity index (χ0) is 17.0. The lowest BCUT2D eigenvalue weighted by Gasteiger charge is -2.07. The van der Waals surface area contributed by atoms with E-state index in [0.717, 1.165) is 16.9 Å². The fraction of sp³-hybridized carbons (Fsp3) is 0.167. The average molecular weight is 342 g/mol. The summed E-state index contributed by atoms with van der Waals surface area (Å²) in [6, 6.07) is 16.4. The van der Waals surface area contributed by atoms with E-state index in [9.17, 15) is 8.42 Å². The van der Waals surface area contributed by atoms with Gasteiger partial charge in [-0.05, 0) is 30.3 Å². The van der Waals surface area contributed by atoms with E-state index < -0.39 is 9.84 Å². The van der Waals surface area contributed by atoms with Gasteiger partial charge in [0.2, 0.25) is 5.89 Å². The Morgan fingerprint density at radius 2 is 1.88 bits per heavy atom. The first-order valence-corrected chi connectivity index (χ1v) is 9.30. The minimum Gasteiger partial charge on any atom is -0.444 e. The summed E-state index contributed by atoms with van der Waals surface area (Å²) in [5, 5.41) is 3.18. The van der Waals surface area contributed by atoms with Gasteiger partial charge in [0, 0.05) is 11.3 Å². The van der Waals surface area contributed by atoms with Crippen LogP contribution in [-0.2, 0) is 16.4 Å². The van der Waals surface area contributed by atoms with E-state index in [0.29, 0.717) is 17.3 Å². The van der Waals surface area contributed by atoms with Crippen LogP contribution in [0.1, 0.15) is 12.6 Å². The van der Waals surface area contributed by atoms with Crippen molar-refractivity contribution < 1.29 is 12.8 Å². The molecule has 0 radical (unpaired) electrons. The second-order valence-corrected chi connectivity index (χ2v) is 7.57. The summed E-state index contributed by atoms with van der Waals surface area (Å²) in [5.41, 5.74) is 2.39. The van der Waals surface area contributed by atoms with E-state index in [4.69, 9.17) is 4.42 Å². The predicted octanol–water partition coefficient (Wildman–Crippen LogP) is 3.75. The molecular formula is C18H18N2O3S. The summed E-state index contributed by atoms with van der Waals surface area (Å²) in [5.74, 6) is 0.648. The third-order valence-electron chi connectivity index (χ3n) is 3.62. The highest BCUT2D eigenvalue weighted by Crippen LogP contribution is 2.20. The van der Waals surface area contributed by atoms with Crippen molar-refractivity contribution in [2.75, 3.05) is 11.1 Å². The van der Waals surface area contributed by atoms with Crippen molar-refractivity contribution in [3.8, 4) is 11.5 Å². The minimum absolute atomic E-state index is 0.0835. The van der Waals surface area contributed by atoms with Crippen LogP contribution in [0, 0.1) is 0 Å². The third-order valence-corrected chi connectivity index (χ3v) is 5.35. The molecule has 1 N–H and O–H groups in total. The number of anilines is 1. The molecule has 1 heterocycles. The van der Waals surface area contributed by atoms with Crippen LogP contribution >= 0.6 is 0 Å². The smallest absolute Gasteiger partial charge is 0.226 e. The number of hydrogen-bond donors (Lipinski definition) is 1. The topological polar surface area (TPSA) is 72.2 Å². The molecule has 0 saturated heterocycles. The van der Waals surface area contributed by atoms with Gasteiger partial charge in [-0.15, -0.1) is 0 Å². The molecule has 0 unspecified atom stereocenters. The number of oxazole rings is 1. The summed E-state index contributed by atoms with van der Waals surface area (Å²) in [6.45, 7) is 2.09. The standard InChI is InChI=1S/C18H18N2O3S/c1-2-24(21,22)17-10-6-9-15(11-17)19-12-16-13-23-18(20-16)14-7-4-3-5-8-14/h3-11,13,19H,2,12H2,1H3. The molecule has 3 aromatic rings. The molecule has 5 nitrogen and oxygen atoms in total. The summed E-state index contributed by atoms with van der Waals surface area (Å²) in [7, 11) is -3.21. The molecule has 124 valence electrons. The van der Waals surface area contributed by atoms with Crippen molar-refractivity contribution in [1.82, 2.24) is 4.98 Å². The monoisotopic (exact) mass is 342 g/mol. The molecular weight excluding hydrogens is 324 g/mol. The van der Waals surface area contributed by atoms with Crippen LogP contribution < -0.4 is 5.32 Å². The van der Waals surface area contributed by atoms with Crippen molar-refractivity contribution in [3.63, 3.8) is 0 Å². The summed E-state index contributed by atoms with van der Waals surface area (Å²) >= 11 is 0. The highest BCUT2D eigenvalue weighted by Gasteiger charge is 2.12. The Bertz CT molecular complexity index is 918. The Hall–Kier alpha value is -2.60. The van der Waals surface area contributed by atoms with Gasteiger partial charge in [0.05, 0.1) is 22.9 Å². The number of nitrogens with one attached hydrogen (secondary N) is 1. The van der Waals surface area contributed by atoms with Crippen LogP contribution in [0.5, 0.6) is 0 Å². The van der Waals surface area contributed by atoms with E-state index in [-0.39, 0.29) is 5.75 Å². The maximum atomic E-state index is 11.9. The second kappa shape index (κ2) is 6.88. The highest BCUT2D eigenvalue weighted by molar-refractivity contribution is 7.91. The average Bonchev–Trinajstić information content (AvgIpc) is 3.10. The maximum absolute atomic E-state index is 11.9. The van der Waals surface area contributed by atoms with Gasteiger partial charge in [0.15, 0.2) is 9.84 Å². The molecule has 0 fully saturated rings. The molecule has 6 heteroatoms. The Morgan fingerprint density at radius 1 is 1.08 bits per heavy atom. The molecule has 0 atom stereocenters. The predicted molar refractivity (Wildman–Crippen MR) is 93.4 cm³/mol. The number of aromatic nitrogens is 1. The molecule has 0 spiro atoms. The van der Waals surface area contributed by atoms with Crippen LogP contribution in [0.3, 0.4) is 0 Å². The highest BCUT2D eigenvalue weighted by atomic mass is 32.2. The molecule has 24 heavy (non-hydrogen) atoms. The molecule has 1 aromatic heterocycles. The third kappa shape index (κ3) is 3.65. The number of hydrogen-bond acceptors (Lipinski definition) is 5. The number of rotatable bonds is 6. The lowest BCUT2D eigenvalue weighted by atomic mass is 10.2. The molecule has 0 aliphatic rings. The number of sulfone groups is 1. The van der Waals surface area contributed by atoms with Crippen LogP contribution in [-0.4, -0.2) is 19.2 Å². The van der Waals surface area contributed by atoms with Gasteiger partial charge in [0.1, 0.15) is 6.26 Å². The summed E-state index contributed by atoms with van der Waals surface area (Å²) in [6.07, 6.45) is 1.60.